The Labute approximate surface area is 120 Å². The van der Waals surface area contributed by atoms with Crippen LogP contribution in [0.25, 0.3) is 0 Å². The molecule has 0 amide bonds. The lowest BCUT2D eigenvalue weighted by molar-refractivity contribution is 0.187. The summed E-state index contributed by atoms with van der Waals surface area (Å²) < 4.78 is 26.8. The zero-order chi connectivity index (χ0) is 14.6. The number of hydrogen-bond donors (Lipinski definition) is 2. The number of hydrogen-bond acceptors (Lipinski definition) is 3. The van der Waals surface area contributed by atoms with Gasteiger partial charge in [0.25, 0.3) is 0 Å². The Morgan fingerprint density at radius 3 is 2.40 bits per heavy atom. The fourth-order valence-corrected chi connectivity index (χ4v) is 2.98. The van der Waals surface area contributed by atoms with Crippen LogP contribution in [0.15, 0.2) is 35.0 Å². The second-order valence-electron chi connectivity index (χ2n) is 4.93. The van der Waals surface area contributed by atoms with E-state index in [-0.39, 0.29) is 13.2 Å². The maximum atomic E-state index is 13.4. The first-order chi connectivity index (χ1) is 9.59. The molecule has 3 N–H and O–H groups in total. The normalized spacial score (nSPS) is 14.2. The highest BCUT2D eigenvalue weighted by Crippen LogP contribution is 2.30. The molecule has 0 bridgehead atoms. The fourth-order valence-electron chi connectivity index (χ4n) is 2.28. The van der Waals surface area contributed by atoms with Gasteiger partial charge in [0.1, 0.15) is 11.6 Å². The molecule has 2 aromatic rings. The van der Waals surface area contributed by atoms with Crippen LogP contribution in [0, 0.1) is 11.6 Å². The molecule has 0 spiro atoms. The van der Waals surface area contributed by atoms with Crippen LogP contribution in [0.4, 0.5) is 8.78 Å². The summed E-state index contributed by atoms with van der Waals surface area (Å²) in [5.41, 5.74) is 6.52. The Morgan fingerprint density at radius 2 is 1.90 bits per heavy atom. The molecule has 0 saturated heterocycles. The van der Waals surface area contributed by atoms with E-state index in [4.69, 9.17) is 5.73 Å². The lowest BCUT2D eigenvalue weighted by atomic mass is 9.76. The number of aliphatic hydroxyl groups is 1. The standard InChI is InChI=1S/C15H17F2NOS/c16-13-5-12(6-14(17)7-13)15(9-18,10-19)3-1-11-2-4-20-8-11/h2,4-8,19H,1,3,9-10,18H2. The van der Waals surface area contributed by atoms with Crippen LogP contribution in [0.2, 0.25) is 0 Å². The number of aliphatic hydroxyl groups excluding tert-OH is 1. The molecule has 1 unspecified atom stereocenters. The van der Waals surface area contributed by atoms with Gasteiger partial charge in [0.05, 0.1) is 6.61 Å². The van der Waals surface area contributed by atoms with Crippen LogP contribution in [0.1, 0.15) is 17.5 Å². The van der Waals surface area contributed by atoms with Crippen LogP contribution >= 0.6 is 11.3 Å². The zero-order valence-corrected chi connectivity index (χ0v) is 11.8. The average Bonchev–Trinajstić information content (AvgIpc) is 2.93. The van der Waals surface area contributed by atoms with Gasteiger partial charge in [-0.05, 0) is 52.9 Å². The number of halogens is 2. The Balaban J connectivity index is 2.27. The van der Waals surface area contributed by atoms with E-state index in [0.29, 0.717) is 18.4 Å². The van der Waals surface area contributed by atoms with Gasteiger partial charge in [-0.3, -0.25) is 0 Å². The van der Waals surface area contributed by atoms with Gasteiger partial charge in [0.15, 0.2) is 0 Å². The third kappa shape index (κ3) is 3.23. The SMILES string of the molecule is NCC(CO)(CCc1ccsc1)c1cc(F)cc(F)c1. The average molecular weight is 297 g/mol. The van der Waals surface area contributed by atoms with Crippen LogP contribution in [0.5, 0.6) is 0 Å². The summed E-state index contributed by atoms with van der Waals surface area (Å²) in [7, 11) is 0. The van der Waals surface area contributed by atoms with Crippen molar-refractivity contribution < 1.29 is 13.9 Å². The lowest BCUT2D eigenvalue weighted by Gasteiger charge is -2.31. The van der Waals surface area contributed by atoms with E-state index in [9.17, 15) is 13.9 Å². The maximum absolute atomic E-state index is 13.4. The summed E-state index contributed by atoms with van der Waals surface area (Å²) in [4.78, 5) is 0. The minimum Gasteiger partial charge on any atom is -0.395 e. The van der Waals surface area contributed by atoms with Crippen molar-refractivity contribution >= 4 is 11.3 Å². The summed E-state index contributed by atoms with van der Waals surface area (Å²) in [6, 6.07) is 5.32. The van der Waals surface area contributed by atoms with Crippen LogP contribution in [-0.2, 0) is 11.8 Å². The van der Waals surface area contributed by atoms with Crippen molar-refractivity contribution in [3.05, 3.63) is 57.8 Å². The summed E-state index contributed by atoms with van der Waals surface area (Å²) in [6.07, 6.45) is 1.25. The molecule has 0 aliphatic heterocycles. The largest absolute Gasteiger partial charge is 0.395 e. The minimum absolute atomic E-state index is 0.135. The Kier molecular flexibility index (Phi) is 4.86. The molecule has 1 aromatic carbocycles. The number of thiophene rings is 1. The van der Waals surface area contributed by atoms with E-state index in [1.54, 1.807) is 11.3 Å². The number of rotatable bonds is 6. The third-order valence-electron chi connectivity index (χ3n) is 3.64. The van der Waals surface area contributed by atoms with Crippen molar-refractivity contribution in [1.29, 1.82) is 0 Å². The van der Waals surface area contributed by atoms with Crippen molar-refractivity contribution in [2.75, 3.05) is 13.2 Å². The summed E-state index contributed by atoms with van der Waals surface area (Å²) >= 11 is 1.59. The van der Waals surface area contributed by atoms with E-state index < -0.39 is 17.0 Å². The summed E-state index contributed by atoms with van der Waals surface area (Å²) in [6.45, 7) is -0.104. The van der Waals surface area contributed by atoms with Crippen molar-refractivity contribution in [2.45, 2.75) is 18.3 Å². The van der Waals surface area contributed by atoms with Crippen molar-refractivity contribution in [1.82, 2.24) is 0 Å². The smallest absolute Gasteiger partial charge is 0.126 e. The zero-order valence-electron chi connectivity index (χ0n) is 11.0. The maximum Gasteiger partial charge on any atom is 0.126 e. The van der Waals surface area contributed by atoms with E-state index >= 15 is 0 Å². The molecule has 1 heterocycles. The van der Waals surface area contributed by atoms with Crippen molar-refractivity contribution in [2.24, 2.45) is 5.73 Å². The van der Waals surface area contributed by atoms with Crippen LogP contribution in [-0.4, -0.2) is 18.3 Å². The van der Waals surface area contributed by atoms with Gasteiger partial charge in [-0.25, -0.2) is 8.78 Å². The fraction of sp³-hybridized carbons (Fsp3) is 0.333. The summed E-state index contributed by atoms with van der Waals surface area (Å²) in [5.74, 6) is -1.30. The molecule has 2 nitrogen and oxygen atoms in total. The van der Waals surface area contributed by atoms with Gasteiger partial charge >= 0.3 is 0 Å². The van der Waals surface area contributed by atoms with Crippen LogP contribution in [0.3, 0.4) is 0 Å². The monoisotopic (exact) mass is 297 g/mol. The molecular formula is C15H17F2NOS. The molecule has 108 valence electrons. The van der Waals surface area contributed by atoms with Gasteiger partial charge in [0.2, 0.25) is 0 Å². The van der Waals surface area contributed by atoms with Gasteiger partial charge in [-0.15, -0.1) is 0 Å². The molecule has 0 aliphatic rings. The Bertz CT molecular complexity index is 533. The van der Waals surface area contributed by atoms with E-state index in [2.05, 4.69) is 0 Å². The van der Waals surface area contributed by atoms with Crippen molar-refractivity contribution in [3.8, 4) is 0 Å². The summed E-state index contributed by atoms with van der Waals surface area (Å²) in [5, 5.41) is 13.7. The Morgan fingerprint density at radius 1 is 1.20 bits per heavy atom. The number of benzene rings is 1. The van der Waals surface area contributed by atoms with Crippen LogP contribution < -0.4 is 5.73 Å². The molecule has 5 heteroatoms. The number of aryl methyl sites for hydroxylation is 1. The first kappa shape index (κ1) is 15.1. The molecular weight excluding hydrogens is 280 g/mol. The quantitative estimate of drug-likeness (QED) is 0.861. The van der Waals surface area contributed by atoms with Gasteiger partial charge < -0.3 is 10.8 Å². The van der Waals surface area contributed by atoms with Gasteiger partial charge in [0, 0.05) is 18.0 Å². The molecule has 1 aromatic heterocycles. The molecule has 2 rings (SSSR count). The van der Waals surface area contributed by atoms with E-state index in [1.165, 1.54) is 12.1 Å². The predicted octanol–water partition coefficient (Wildman–Crippen LogP) is 2.85. The highest BCUT2D eigenvalue weighted by atomic mass is 32.1. The molecule has 20 heavy (non-hydrogen) atoms. The molecule has 0 aliphatic carbocycles. The first-order valence-electron chi connectivity index (χ1n) is 6.38. The van der Waals surface area contributed by atoms with Crippen molar-refractivity contribution in [3.63, 3.8) is 0 Å². The second kappa shape index (κ2) is 6.43. The lowest BCUT2D eigenvalue weighted by Crippen LogP contribution is -2.39. The third-order valence-corrected chi connectivity index (χ3v) is 4.37. The highest BCUT2D eigenvalue weighted by molar-refractivity contribution is 7.07. The topological polar surface area (TPSA) is 46.2 Å². The van der Waals surface area contributed by atoms with E-state index in [0.717, 1.165) is 11.6 Å². The number of nitrogens with two attached hydrogens (primary N) is 1. The van der Waals surface area contributed by atoms with Gasteiger partial charge in [-0.2, -0.15) is 11.3 Å². The molecule has 1 atom stereocenters. The van der Waals surface area contributed by atoms with E-state index in [1.807, 2.05) is 16.8 Å². The second-order valence-corrected chi connectivity index (χ2v) is 5.71. The first-order valence-corrected chi connectivity index (χ1v) is 7.32. The highest BCUT2D eigenvalue weighted by Gasteiger charge is 2.31. The van der Waals surface area contributed by atoms with Gasteiger partial charge in [-0.1, -0.05) is 0 Å². The Hall–Kier alpha value is -1.30. The minimum atomic E-state index is -0.815. The molecule has 0 radical (unpaired) electrons. The predicted molar refractivity (Wildman–Crippen MR) is 76.8 cm³/mol. The molecule has 0 fully saturated rings. The molecule has 0 saturated carbocycles.